The first-order valence-electron chi connectivity index (χ1n) is 16.6. The van der Waals surface area contributed by atoms with Gasteiger partial charge in [0.2, 0.25) is 12.2 Å². The smallest absolute Gasteiger partial charge is 0.247 e. The molecule has 3 aliphatic rings. The van der Waals surface area contributed by atoms with Crippen molar-refractivity contribution in [3.8, 4) is 0 Å². The molecule has 1 aromatic rings. The Morgan fingerprint density at radius 1 is 0.511 bits per heavy atom. The van der Waals surface area contributed by atoms with Gasteiger partial charge in [0.05, 0.1) is 13.1 Å². The molecule has 0 radical (unpaired) electrons. The van der Waals surface area contributed by atoms with Crippen molar-refractivity contribution < 1.29 is 9.59 Å². The lowest BCUT2D eigenvalue weighted by atomic mass is 9.62. The molecule has 0 aromatic carbocycles. The van der Waals surface area contributed by atoms with Crippen LogP contribution in [0.1, 0.15) is 145 Å². The summed E-state index contributed by atoms with van der Waals surface area (Å²) in [6, 6.07) is -1.29. The van der Waals surface area contributed by atoms with Crippen LogP contribution in [0.2, 0.25) is 0 Å². The number of isocyanates is 2. The fraction of sp³-hybridized carbons (Fsp3) is 0.857. The number of rotatable bonds is 7. The Hall–Kier alpha value is -2.83. The molecular formula is C35H55N5O5. The topological polar surface area (TPSA) is 125 Å². The van der Waals surface area contributed by atoms with Gasteiger partial charge in [-0.05, 0) is 90.3 Å². The van der Waals surface area contributed by atoms with Gasteiger partial charge in [-0.2, -0.15) is 0 Å². The second-order valence-corrected chi connectivity index (χ2v) is 18.8. The fourth-order valence-electron chi connectivity index (χ4n) is 10.7. The van der Waals surface area contributed by atoms with Crippen LogP contribution in [0, 0.1) is 32.5 Å². The minimum absolute atomic E-state index is 0.0967. The molecule has 10 nitrogen and oxygen atoms in total. The Balaban J connectivity index is 2.00. The van der Waals surface area contributed by atoms with E-state index in [0.717, 1.165) is 19.3 Å². The molecule has 0 amide bonds. The number of aliphatic imine (C=N–C) groups is 2. The van der Waals surface area contributed by atoms with Gasteiger partial charge >= 0.3 is 17.1 Å². The predicted molar refractivity (Wildman–Crippen MR) is 175 cm³/mol. The highest BCUT2D eigenvalue weighted by Crippen LogP contribution is 2.52. The van der Waals surface area contributed by atoms with Crippen molar-refractivity contribution in [2.45, 2.75) is 145 Å². The van der Waals surface area contributed by atoms with E-state index in [2.05, 4.69) is 79.2 Å². The maximum atomic E-state index is 14.7. The SMILES string of the molecule is CC1(C)CC(n2c(=O)n(C3CC(C)(C)CC(C)(CN=C=O)C3)c(=O)n(C3CC(C)(C)CC(C)(CN=C=O)C3)c2=O)CC(C)(C)C1. The molecule has 45 heavy (non-hydrogen) atoms. The van der Waals surface area contributed by atoms with E-state index in [1.165, 1.54) is 13.7 Å². The van der Waals surface area contributed by atoms with E-state index in [0.29, 0.717) is 38.5 Å². The van der Waals surface area contributed by atoms with Crippen LogP contribution < -0.4 is 17.1 Å². The van der Waals surface area contributed by atoms with Crippen LogP contribution in [0.15, 0.2) is 24.4 Å². The summed E-state index contributed by atoms with van der Waals surface area (Å²) in [5, 5.41) is 0. The van der Waals surface area contributed by atoms with Crippen molar-refractivity contribution in [3.63, 3.8) is 0 Å². The van der Waals surface area contributed by atoms with E-state index >= 15 is 0 Å². The van der Waals surface area contributed by atoms with Gasteiger partial charge in [0.25, 0.3) is 0 Å². The number of hydrogen-bond acceptors (Lipinski definition) is 7. The van der Waals surface area contributed by atoms with Crippen molar-refractivity contribution in [3.05, 3.63) is 31.5 Å². The first kappa shape index (κ1) is 35.0. The van der Waals surface area contributed by atoms with Gasteiger partial charge in [-0.25, -0.2) is 47.7 Å². The summed E-state index contributed by atoms with van der Waals surface area (Å²) in [5.41, 5.74) is -3.14. The molecule has 0 N–H and O–H groups in total. The third-order valence-electron chi connectivity index (χ3n) is 10.8. The molecule has 0 spiro atoms. The zero-order valence-corrected chi connectivity index (χ0v) is 29.3. The second kappa shape index (κ2) is 11.8. The molecule has 0 aliphatic heterocycles. The highest BCUT2D eigenvalue weighted by atomic mass is 16.2. The van der Waals surface area contributed by atoms with Crippen LogP contribution in [-0.4, -0.2) is 39.0 Å². The third kappa shape index (κ3) is 7.60. The van der Waals surface area contributed by atoms with Crippen molar-refractivity contribution in [1.82, 2.24) is 13.7 Å². The average molecular weight is 626 g/mol. The van der Waals surface area contributed by atoms with Crippen LogP contribution in [0.25, 0.3) is 0 Å². The quantitative estimate of drug-likeness (QED) is 0.266. The normalized spacial score (nSPS) is 32.2. The molecule has 0 bridgehead atoms. The standard InChI is InChI=1S/C35H55N5O5/c1-30(2)11-24(12-31(3,4)17-30)38-27(43)39(25-13-32(5,6)18-34(9,15-25)20-36-22-41)29(45)40(28(38)44)26-14-33(7,8)19-35(10,16-26)21-37-23-42/h24-26H,11-21H2,1-10H3. The summed E-state index contributed by atoms with van der Waals surface area (Å²) in [6.45, 7) is 21.9. The Morgan fingerprint density at radius 3 is 1.07 bits per heavy atom. The minimum atomic E-state index is -0.566. The molecule has 250 valence electrons. The summed E-state index contributed by atoms with van der Waals surface area (Å²) in [7, 11) is 0. The Morgan fingerprint density at radius 2 is 0.778 bits per heavy atom. The van der Waals surface area contributed by atoms with Crippen LogP contribution in [-0.2, 0) is 9.59 Å². The Bertz CT molecular complexity index is 1470. The first-order valence-corrected chi connectivity index (χ1v) is 16.6. The minimum Gasteiger partial charge on any atom is -0.247 e. The number of carbonyl (C=O) groups excluding carboxylic acids is 2. The summed E-state index contributed by atoms with van der Waals surface area (Å²) in [6.07, 6.45) is 9.32. The average Bonchev–Trinajstić information content (AvgIpc) is 2.82. The predicted octanol–water partition coefficient (Wildman–Crippen LogP) is 6.14. The molecule has 4 atom stereocenters. The van der Waals surface area contributed by atoms with E-state index < -0.39 is 40.0 Å². The van der Waals surface area contributed by atoms with Crippen LogP contribution in [0.3, 0.4) is 0 Å². The molecule has 0 saturated heterocycles. The lowest BCUT2D eigenvalue weighted by Gasteiger charge is -2.48. The number of nitrogens with zero attached hydrogens (tertiary/aromatic N) is 5. The Labute approximate surface area is 267 Å². The van der Waals surface area contributed by atoms with E-state index in [9.17, 15) is 24.0 Å². The fourth-order valence-corrected chi connectivity index (χ4v) is 10.7. The summed E-state index contributed by atoms with van der Waals surface area (Å²) in [4.78, 5) is 74.1. The third-order valence-corrected chi connectivity index (χ3v) is 10.8. The van der Waals surface area contributed by atoms with Gasteiger partial charge in [0.1, 0.15) is 0 Å². The van der Waals surface area contributed by atoms with E-state index in [1.54, 1.807) is 12.2 Å². The van der Waals surface area contributed by atoms with Gasteiger partial charge in [0.15, 0.2) is 0 Å². The maximum Gasteiger partial charge on any atom is 0.336 e. The van der Waals surface area contributed by atoms with Crippen LogP contribution >= 0.6 is 0 Å². The van der Waals surface area contributed by atoms with E-state index in [4.69, 9.17) is 0 Å². The molecule has 3 aliphatic carbocycles. The molecular weight excluding hydrogens is 570 g/mol. The monoisotopic (exact) mass is 625 g/mol. The molecule has 3 saturated carbocycles. The van der Waals surface area contributed by atoms with E-state index in [-0.39, 0.29) is 40.8 Å². The maximum absolute atomic E-state index is 14.7. The van der Waals surface area contributed by atoms with Crippen molar-refractivity contribution in [2.24, 2.45) is 42.5 Å². The summed E-state index contributed by atoms with van der Waals surface area (Å²) >= 11 is 0. The van der Waals surface area contributed by atoms with Gasteiger partial charge in [0, 0.05) is 18.1 Å². The van der Waals surface area contributed by atoms with Crippen molar-refractivity contribution in [2.75, 3.05) is 13.1 Å². The van der Waals surface area contributed by atoms with Crippen LogP contribution in [0.4, 0.5) is 0 Å². The molecule has 4 rings (SSSR count). The zero-order valence-electron chi connectivity index (χ0n) is 29.3. The van der Waals surface area contributed by atoms with E-state index in [1.807, 2.05) is 0 Å². The largest absolute Gasteiger partial charge is 0.336 e. The molecule has 1 aromatic heterocycles. The molecule has 10 heteroatoms. The van der Waals surface area contributed by atoms with Gasteiger partial charge in [-0.3, -0.25) is 0 Å². The summed E-state index contributed by atoms with van der Waals surface area (Å²) < 4.78 is 4.17. The zero-order chi connectivity index (χ0) is 33.8. The summed E-state index contributed by atoms with van der Waals surface area (Å²) in [5.74, 6) is 0. The number of aromatic nitrogens is 3. The highest BCUT2D eigenvalue weighted by Gasteiger charge is 2.47. The molecule has 4 unspecified atom stereocenters. The second-order valence-electron chi connectivity index (χ2n) is 18.8. The van der Waals surface area contributed by atoms with Gasteiger partial charge < -0.3 is 0 Å². The highest BCUT2D eigenvalue weighted by molar-refractivity contribution is 5.33. The van der Waals surface area contributed by atoms with Gasteiger partial charge in [-0.15, -0.1) is 0 Å². The number of hydrogen-bond donors (Lipinski definition) is 0. The molecule has 1 heterocycles. The Kier molecular flexibility index (Phi) is 9.15. The van der Waals surface area contributed by atoms with Crippen molar-refractivity contribution in [1.29, 1.82) is 0 Å². The van der Waals surface area contributed by atoms with Crippen LogP contribution in [0.5, 0.6) is 0 Å². The lowest BCUT2D eigenvalue weighted by molar-refractivity contribution is 0.0414. The molecule has 3 fully saturated rings. The lowest BCUT2D eigenvalue weighted by Crippen LogP contribution is -2.60. The van der Waals surface area contributed by atoms with Crippen molar-refractivity contribution >= 4 is 12.2 Å². The van der Waals surface area contributed by atoms with Gasteiger partial charge in [-0.1, -0.05) is 69.2 Å². The first-order chi connectivity index (χ1) is 20.5.